The number of allylic oxidation sites excluding steroid dienone is 1. The Bertz CT molecular complexity index is 353. The average Bonchev–Trinajstić information content (AvgIpc) is 2.17. The molecular formula is C11H12O2. The molecule has 0 saturated carbocycles. The van der Waals surface area contributed by atoms with Crippen LogP contribution in [0.25, 0.3) is 0 Å². The van der Waals surface area contributed by atoms with Crippen LogP contribution < -0.4 is 4.74 Å². The summed E-state index contributed by atoms with van der Waals surface area (Å²) in [6, 6.07) is 6.09. The van der Waals surface area contributed by atoms with Gasteiger partial charge in [-0.15, -0.1) is 0 Å². The Kier molecular flexibility index (Phi) is 1.97. The molecule has 2 heteroatoms. The van der Waals surface area contributed by atoms with Gasteiger partial charge in [0.15, 0.2) is 0 Å². The van der Waals surface area contributed by atoms with Gasteiger partial charge in [-0.05, 0) is 25.0 Å². The van der Waals surface area contributed by atoms with Crippen LogP contribution in [0.4, 0.5) is 0 Å². The number of ether oxygens (including phenoxy) is 1. The lowest BCUT2D eigenvalue weighted by molar-refractivity contribution is 0.340. The maximum absolute atomic E-state index is 8.78. The van der Waals surface area contributed by atoms with Crippen LogP contribution in [0.1, 0.15) is 17.5 Å². The molecule has 0 unspecified atom stereocenters. The Hall–Kier alpha value is -1.44. The van der Waals surface area contributed by atoms with Gasteiger partial charge in [-0.25, -0.2) is 0 Å². The van der Waals surface area contributed by atoms with Crippen molar-refractivity contribution in [3.8, 4) is 5.75 Å². The highest BCUT2D eigenvalue weighted by atomic mass is 16.5. The van der Waals surface area contributed by atoms with Crippen molar-refractivity contribution in [1.29, 1.82) is 0 Å². The molecule has 0 atom stereocenters. The fourth-order valence-electron chi connectivity index (χ4n) is 1.54. The molecule has 0 fully saturated rings. The van der Waals surface area contributed by atoms with Crippen molar-refractivity contribution >= 4 is 0 Å². The van der Waals surface area contributed by atoms with Gasteiger partial charge in [0.1, 0.15) is 17.8 Å². The first-order chi connectivity index (χ1) is 6.29. The minimum absolute atomic E-state index is 0.649. The summed E-state index contributed by atoms with van der Waals surface area (Å²) in [5, 5.41) is 8.78. The SMILES string of the molecule is Cc1ccc2c(c1)CC/C(=C\O)O2. The summed E-state index contributed by atoms with van der Waals surface area (Å²) in [6.45, 7) is 2.07. The van der Waals surface area contributed by atoms with E-state index in [0.29, 0.717) is 5.76 Å². The predicted molar refractivity (Wildman–Crippen MR) is 50.8 cm³/mol. The van der Waals surface area contributed by atoms with E-state index in [1.807, 2.05) is 12.1 Å². The van der Waals surface area contributed by atoms with Gasteiger partial charge in [-0.2, -0.15) is 0 Å². The fraction of sp³-hybridized carbons (Fsp3) is 0.273. The normalized spacial score (nSPS) is 18.1. The van der Waals surface area contributed by atoms with E-state index >= 15 is 0 Å². The highest BCUT2D eigenvalue weighted by molar-refractivity contribution is 5.40. The quantitative estimate of drug-likeness (QED) is 0.616. The van der Waals surface area contributed by atoms with E-state index in [0.717, 1.165) is 24.9 Å². The van der Waals surface area contributed by atoms with Gasteiger partial charge in [0.25, 0.3) is 0 Å². The lowest BCUT2D eigenvalue weighted by Crippen LogP contribution is -2.06. The molecule has 0 amide bonds. The first kappa shape index (κ1) is 8.17. The molecule has 0 aromatic heterocycles. The Morgan fingerprint density at radius 2 is 2.23 bits per heavy atom. The van der Waals surface area contributed by atoms with E-state index < -0.39 is 0 Å². The maximum Gasteiger partial charge on any atom is 0.138 e. The van der Waals surface area contributed by atoms with Crippen molar-refractivity contribution in [1.82, 2.24) is 0 Å². The van der Waals surface area contributed by atoms with E-state index in [1.54, 1.807) is 0 Å². The van der Waals surface area contributed by atoms with Gasteiger partial charge in [-0.1, -0.05) is 17.7 Å². The predicted octanol–water partition coefficient (Wildman–Crippen LogP) is 2.72. The van der Waals surface area contributed by atoms with Gasteiger partial charge >= 0.3 is 0 Å². The highest BCUT2D eigenvalue weighted by Crippen LogP contribution is 2.29. The Labute approximate surface area is 77.5 Å². The summed E-state index contributed by atoms with van der Waals surface area (Å²) in [7, 11) is 0. The van der Waals surface area contributed by atoms with Crippen LogP contribution in [0, 0.1) is 6.92 Å². The topological polar surface area (TPSA) is 29.5 Å². The smallest absolute Gasteiger partial charge is 0.138 e. The van der Waals surface area contributed by atoms with Gasteiger partial charge in [-0.3, -0.25) is 0 Å². The first-order valence-electron chi connectivity index (χ1n) is 4.40. The average molecular weight is 176 g/mol. The summed E-state index contributed by atoms with van der Waals surface area (Å²) >= 11 is 0. The van der Waals surface area contributed by atoms with Crippen molar-refractivity contribution in [3.63, 3.8) is 0 Å². The zero-order valence-corrected chi connectivity index (χ0v) is 7.58. The molecule has 2 rings (SSSR count). The lowest BCUT2D eigenvalue weighted by atomic mass is 10.0. The van der Waals surface area contributed by atoms with Gasteiger partial charge in [0.05, 0.1) is 0 Å². The molecule has 0 spiro atoms. The van der Waals surface area contributed by atoms with E-state index in [-0.39, 0.29) is 0 Å². The molecule has 0 radical (unpaired) electrons. The monoisotopic (exact) mass is 176 g/mol. The molecule has 1 aliphatic rings. The third-order valence-electron chi connectivity index (χ3n) is 2.24. The summed E-state index contributed by atoms with van der Waals surface area (Å²) in [5.74, 6) is 1.52. The Balaban J connectivity index is 2.37. The summed E-state index contributed by atoms with van der Waals surface area (Å²) < 4.78 is 5.45. The van der Waals surface area contributed by atoms with E-state index in [4.69, 9.17) is 9.84 Å². The minimum Gasteiger partial charge on any atom is -0.512 e. The zero-order valence-electron chi connectivity index (χ0n) is 7.58. The van der Waals surface area contributed by atoms with Gasteiger partial charge < -0.3 is 9.84 Å². The van der Waals surface area contributed by atoms with Crippen LogP contribution in [0.2, 0.25) is 0 Å². The van der Waals surface area contributed by atoms with Crippen LogP contribution in [0.5, 0.6) is 5.75 Å². The number of aliphatic hydroxyl groups excluding tert-OH is 1. The highest BCUT2D eigenvalue weighted by Gasteiger charge is 2.13. The van der Waals surface area contributed by atoms with Crippen LogP contribution in [0.3, 0.4) is 0 Å². The van der Waals surface area contributed by atoms with Crippen molar-refractivity contribution in [3.05, 3.63) is 41.3 Å². The van der Waals surface area contributed by atoms with Gasteiger partial charge in [0.2, 0.25) is 0 Å². The third kappa shape index (κ3) is 1.52. The molecule has 0 saturated heterocycles. The Morgan fingerprint density at radius 3 is 3.00 bits per heavy atom. The van der Waals surface area contributed by atoms with Crippen molar-refractivity contribution < 1.29 is 9.84 Å². The molecule has 1 heterocycles. The number of aliphatic hydroxyl groups is 1. The molecular weight excluding hydrogens is 164 g/mol. The van der Waals surface area contributed by atoms with Crippen LogP contribution in [0.15, 0.2) is 30.2 Å². The standard InChI is InChI=1S/C11H12O2/c1-8-2-5-11-9(6-8)3-4-10(7-12)13-11/h2,5-7,12H,3-4H2,1H3/b10-7+. The second kappa shape index (κ2) is 3.13. The molecule has 1 aromatic carbocycles. The maximum atomic E-state index is 8.78. The van der Waals surface area contributed by atoms with E-state index in [1.165, 1.54) is 11.1 Å². The second-order valence-corrected chi connectivity index (χ2v) is 3.31. The van der Waals surface area contributed by atoms with Crippen molar-refractivity contribution in [2.24, 2.45) is 0 Å². The van der Waals surface area contributed by atoms with Crippen molar-refractivity contribution in [2.75, 3.05) is 0 Å². The third-order valence-corrected chi connectivity index (χ3v) is 2.24. The molecule has 13 heavy (non-hydrogen) atoms. The molecule has 1 N–H and O–H groups in total. The summed E-state index contributed by atoms with van der Waals surface area (Å²) in [4.78, 5) is 0. The van der Waals surface area contributed by atoms with Crippen molar-refractivity contribution in [2.45, 2.75) is 19.8 Å². The number of rotatable bonds is 0. The van der Waals surface area contributed by atoms with Crippen LogP contribution in [-0.4, -0.2) is 5.11 Å². The Morgan fingerprint density at radius 1 is 1.38 bits per heavy atom. The number of benzene rings is 1. The molecule has 2 nitrogen and oxygen atoms in total. The first-order valence-corrected chi connectivity index (χ1v) is 4.40. The van der Waals surface area contributed by atoms with Crippen LogP contribution in [-0.2, 0) is 6.42 Å². The molecule has 0 bridgehead atoms. The zero-order chi connectivity index (χ0) is 9.26. The summed E-state index contributed by atoms with van der Waals surface area (Å²) in [5.41, 5.74) is 2.48. The van der Waals surface area contributed by atoms with E-state index in [2.05, 4.69) is 13.0 Å². The largest absolute Gasteiger partial charge is 0.512 e. The fourth-order valence-corrected chi connectivity index (χ4v) is 1.54. The lowest BCUT2D eigenvalue weighted by Gasteiger charge is -2.18. The molecule has 68 valence electrons. The number of hydrogen-bond donors (Lipinski definition) is 1. The van der Waals surface area contributed by atoms with Gasteiger partial charge in [0, 0.05) is 6.42 Å². The number of fused-ring (bicyclic) bond motifs is 1. The summed E-state index contributed by atoms with van der Waals surface area (Å²) in [6.07, 6.45) is 2.78. The number of hydrogen-bond acceptors (Lipinski definition) is 2. The molecule has 1 aromatic rings. The van der Waals surface area contributed by atoms with Crippen LogP contribution >= 0.6 is 0 Å². The van der Waals surface area contributed by atoms with E-state index in [9.17, 15) is 0 Å². The number of aryl methyl sites for hydroxylation is 2. The minimum atomic E-state index is 0.649. The molecule has 0 aliphatic carbocycles. The second-order valence-electron chi connectivity index (χ2n) is 3.31. The molecule has 1 aliphatic heterocycles.